The Morgan fingerprint density at radius 1 is 0.304 bits per heavy atom. The van der Waals surface area contributed by atoms with Crippen LogP contribution < -0.4 is 0 Å². The molecule has 4 aromatic heterocycles. The fourth-order valence-electron chi connectivity index (χ4n) is 9.76. The molecule has 0 bridgehead atoms. The largest absolute Gasteiger partial charge is 0.436 e. The summed E-state index contributed by atoms with van der Waals surface area (Å²) in [6.45, 7) is 0. The lowest BCUT2D eigenvalue weighted by Gasteiger charge is -2.11. The number of nitrogens with zero attached hydrogens (tertiary/aromatic N) is 6. The molecule has 0 saturated carbocycles. The van der Waals surface area contributed by atoms with E-state index in [4.69, 9.17) is 33.8 Å². The van der Waals surface area contributed by atoms with Crippen LogP contribution in [-0.4, -0.2) is 29.5 Å². The number of oxazole rings is 2. The first kappa shape index (κ1) is 38.7. The van der Waals surface area contributed by atoms with E-state index in [1.165, 1.54) is 32.7 Å². The summed E-state index contributed by atoms with van der Waals surface area (Å²) >= 11 is 0. The molecule has 0 spiro atoms. The zero-order valence-electron chi connectivity index (χ0n) is 36.8. The van der Waals surface area contributed by atoms with Crippen molar-refractivity contribution in [3.63, 3.8) is 0 Å². The van der Waals surface area contributed by atoms with Gasteiger partial charge in [0.2, 0.25) is 11.8 Å². The second kappa shape index (κ2) is 15.5. The van der Waals surface area contributed by atoms with Crippen molar-refractivity contribution in [2.24, 2.45) is 0 Å². The van der Waals surface area contributed by atoms with Gasteiger partial charge in [-0.2, -0.15) is 0 Å². The van der Waals surface area contributed by atoms with Crippen LogP contribution in [0.25, 0.3) is 139 Å². The van der Waals surface area contributed by atoms with Crippen molar-refractivity contribution < 1.29 is 8.83 Å². The van der Waals surface area contributed by atoms with Gasteiger partial charge in [-0.1, -0.05) is 140 Å². The van der Waals surface area contributed by atoms with Crippen LogP contribution in [0.3, 0.4) is 0 Å². The quantitative estimate of drug-likeness (QED) is 0.157. The second-order valence-electron chi connectivity index (χ2n) is 17.3. The number of para-hydroxylation sites is 4. The topological polar surface area (TPSA) is 95.7 Å². The molecule has 0 atom stereocenters. The number of hydrogen-bond donors (Lipinski definition) is 0. The summed E-state index contributed by atoms with van der Waals surface area (Å²) in [5, 5.41) is 7.06. The van der Waals surface area contributed by atoms with Crippen molar-refractivity contribution >= 4 is 65.6 Å². The average Bonchev–Trinajstić information content (AvgIpc) is 4.16. The zero-order valence-corrected chi connectivity index (χ0v) is 36.8. The normalized spacial score (nSPS) is 11.8. The fourth-order valence-corrected chi connectivity index (χ4v) is 9.76. The smallest absolute Gasteiger partial charge is 0.227 e. The van der Waals surface area contributed by atoms with Crippen molar-refractivity contribution in [3.8, 4) is 73.9 Å². The summed E-state index contributed by atoms with van der Waals surface area (Å²) in [6.07, 6.45) is 0. The molecule has 0 saturated heterocycles. The molecule has 0 aliphatic rings. The van der Waals surface area contributed by atoms with Gasteiger partial charge in [0, 0.05) is 44.3 Å². The summed E-state index contributed by atoms with van der Waals surface area (Å²) in [6, 6.07) is 75.2. The van der Waals surface area contributed by atoms with Crippen LogP contribution in [0.4, 0.5) is 0 Å². The van der Waals surface area contributed by atoms with E-state index in [1.807, 2.05) is 97.1 Å². The van der Waals surface area contributed by atoms with Gasteiger partial charge in [0.1, 0.15) is 11.0 Å². The van der Waals surface area contributed by atoms with Gasteiger partial charge in [0.25, 0.3) is 0 Å². The molecular weight excluding hydrogens is 849 g/mol. The number of hydrogen-bond acceptors (Lipinski definition) is 7. The third-order valence-electron chi connectivity index (χ3n) is 13.1. The molecule has 8 nitrogen and oxygen atoms in total. The summed E-state index contributed by atoms with van der Waals surface area (Å²) in [4.78, 5) is 24.9. The Hall–Kier alpha value is -9.53. The van der Waals surface area contributed by atoms with E-state index in [2.05, 4.69) is 126 Å². The Morgan fingerprint density at radius 2 is 0.797 bits per heavy atom. The van der Waals surface area contributed by atoms with Gasteiger partial charge in [-0.05, 0) is 112 Å². The van der Waals surface area contributed by atoms with Crippen molar-refractivity contribution in [1.29, 1.82) is 0 Å². The molecule has 8 heteroatoms. The summed E-state index contributed by atoms with van der Waals surface area (Å²) in [7, 11) is 0. The van der Waals surface area contributed by atoms with E-state index in [1.54, 1.807) is 0 Å². The first-order valence-electron chi connectivity index (χ1n) is 22.9. The van der Waals surface area contributed by atoms with Crippen LogP contribution in [0.5, 0.6) is 0 Å². The SMILES string of the molecule is c1ccc(-c2cccc(-n3c4ccc5ccccc5c4c4c5ccc(-c6nc(-c7ccc(-c8nc9ccccc9o8)cc7)nc(-c7ccc(-c8nc9ccccc9o8)cc7)n6)cc5ccc43)c2)cc1. The highest BCUT2D eigenvalue weighted by molar-refractivity contribution is 6.28. The maximum Gasteiger partial charge on any atom is 0.227 e. The Kier molecular flexibility index (Phi) is 8.72. The molecule has 0 aliphatic carbocycles. The van der Waals surface area contributed by atoms with Gasteiger partial charge < -0.3 is 13.4 Å². The molecule has 4 heterocycles. The van der Waals surface area contributed by atoms with Gasteiger partial charge in [0.05, 0.1) is 11.0 Å². The van der Waals surface area contributed by atoms with E-state index in [0.29, 0.717) is 29.3 Å². The fraction of sp³-hybridized carbons (Fsp3) is 0. The van der Waals surface area contributed by atoms with E-state index in [0.717, 1.165) is 77.5 Å². The minimum Gasteiger partial charge on any atom is -0.436 e. The summed E-state index contributed by atoms with van der Waals surface area (Å²) in [5.41, 5.74) is 13.1. The lowest BCUT2D eigenvalue weighted by Crippen LogP contribution is -2.00. The molecule has 14 aromatic rings. The number of benzene rings is 10. The Bertz CT molecular complexity index is 4100. The molecule has 322 valence electrons. The molecule has 10 aromatic carbocycles. The molecule has 69 heavy (non-hydrogen) atoms. The van der Waals surface area contributed by atoms with E-state index >= 15 is 0 Å². The van der Waals surface area contributed by atoms with Crippen LogP contribution >= 0.6 is 0 Å². The highest BCUT2D eigenvalue weighted by atomic mass is 16.4. The first-order valence-corrected chi connectivity index (χ1v) is 22.9. The molecule has 0 radical (unpaired) electrons. The number of rotatable bonds is 7. The van der Waals surface area contributed by atoms with Gasteiger partial charge in [-0.25, -0.2) is 24.9 Å². The van der Waals surface area contributed by atoms with Gasteiger partial charge in [0.15, 0.2) is 28.6 Å². The van der Waals surface area contributed by atoms with Crippen molar-refractivity contribution in [2.45, 2.75) is 0 Å². The maximum atomic E-state index is 6.10. The van der Waals surface area contributed by atoms with Crippen LogP contribution in [0, 0.1) is 0 Å². The standard InChI is InChI=1S/C61H36N6O2/c1-2-11-37(12-3-1)43-14-10-15-46(36-43)67-51-33-30-38-13-4-5-16-47(38)55(51)56-48-32-29-45(35-44(48)31-34-52(56)67)59-65-57(39-21-25-41(26-22-39)60-62-49-17-6-8-19-53(49)68-60)64-58(66-59)40-23-27-42(28-24-40)61-63-50-18-7-9-20-54(50)69-61/h1-36H. The summed E-state index contributed by atoms with van der Waals surface area (Å²) < 4.78 is 14.6. The van der Waals surface area contributed by atoms with E-state index in [9.17, 15) is 0 Å². The predicted octanol–water partition coefficient (Wildman–Crippen LogP) is 15.6. The van der Waals surface area contributed by atoms with E-state index < -0.39 is 0 Å². The molecular formula is C61H36N6O2. The Morgan fingerprint density at radius 3 is 1.42 bits per heavy atom. The lowest BCUT2D eigenvalue weighted by molar-refractivity contribution is 0.619. The van der Waals surface area contributed by atoms with Crippen molar-refractivity contribution in [1.82, 2.24) is 29.5 Å². The highest BCUT2D eigenvalue weighted by Crippen LogP contribution is 2.42. The molecule has 0 unspecified atom stereocenters. The third-order valence-corrected chi connectivity index (χ3v) is 13.1. The Labute approximate surface area is 394 Å². The monoisotopic (exact) mass is 884 g/mol. The first-order chi connectivity index (χ1) is 34.1. The molecule has 0 fully saturated rings. The summed E-state index contributed by atoms with van der Waals surface area (Å²) in [5.74, 6) is 2.77. The van der Waals surface area contributed by atoms with Crippen LogP contribution in [0.1, 0.15) is 0 Å². The van der Waals surface area contributed by atoms with Crippen LogP contribution in [0.15, 0.2) is 227 Å². The molecule has 0 aliphatic heterocycles. The second-order valence-corrected chi connectivity index (χ2v) is 17.3. The number of aromatic nitrogens is 6. The predicted molar refractivity (Wildman–Crippen MR) is 277 cm³/mol. The van der Waals surface area contributed by atoms with Crippen molar-refractivity contribution in [3.05, 3.63) is 218 Å². The lowest BCUT2D eigenvalue weighted by atomic mass is 9.98. The van der Waals surface area contributed by atoms with Crippen LogP contribution in [0.2, 0.25) is 0 Å². The minimum absolute atomic E-state index is 0.546. The van der Waals surface area contributed by atoms with Crippen LogP contribution in [-0.2, 0) is 0 Å². The highest BCUT2D eigenvalue weighted by Gasteiger charge is 2.20. The average molecular weight is 885 g/mol. The third kappa shape index (κ3) is 6.57. The van der Waals surface area contributed by atoms with E-state index in [-0.39, 0.29) is 0 Å². The van der Waals surface area contributed by atoms with Gasteiger partial charge in [-0.15, -0.1) is 0 Å². The van der Waals surface area contributed by atoms with Crippen molar-refractivity contribution in [2.75, 3.05) is 0 Å². The minimum atomic E-state index is 0.546. The molecule has 0 N–H and O–H groups in total. The molecule has 14 rings (SSSR count). The number of fused-ring (bicyclic) bond motifs is 9. The molecule has 0 amide bonds. The van der Waals surface area contributed by atoms with Gasteiger partial charge in [-0.3, -0.25) is 0 Å². The Balaban J connectivity index is 0.916. The van der Waals surface area contributed by atoms with Gasteiger partial charge >= 0.3 is 0 Å². The maximum absolute atomic E-state index is 6.10. The zero-order chi connectivity index (χ0) is 45.4.